The molecule has 0 aliphatic carbocycles. The molecule has 0 unspecified atom stereocenters. The molecule has 0 saturated heterocycles. The minimum Gasteiger partial charge on any atom is -0.495 e. The van der Waals surface area contributed by atoms with Crippen LogP contribution in [0.4, 0.5) is 10.5 Å². The van der Waals surface area contributed by atoms with Gasteiger partial charge in [-0.05, 0) is 23.8 Å². The summed E-state index contributed by atoms with van der Waals surface area (Å²) in [6, 6.07) is 14.9. The van der Waals surface area contributed by atoms with Gasteiger partial charge < -0.3 is 10.1 Å². The first-order valence-corrected chi connectivity index (χ1v) is 7.36. The Bertz CT molecular complexity index is 590. The van der Waals surface area contributed by atoms with Crippen LogP contribution < -0.4 is 10.1 Å². The fraction of sp³-hybridized carbons (Fsp3) is 0.133. The van der Waals surface area contributed by atoms with Gasteiger partial charge in [0.25, 0.3) is 5.24 Å². The van der Waals surface area contributed by atoms with Crippen molar-refractivity contribution in [1.29, 1.82) is 0 Å². The van der Waals surface area contributed by atoms with Crippen molar-refractivity contribution in [3.63, 3.8) is 0 Å². The third-order valence-corrected chi connectivity index (χ3v) is 3.69. The van der Waals surface area contributed by atoms with E-state index in [1.807, 2.05) is 30.3 Å². The van der Waals surface area contributed by atoms with Crippen LogP contribution in [0.3, 0.4) is 0 Å². The van der Waals surface area contributed by atoms with Crippen LogP contribution in [0.25, 0.3) is 0 Å². The van der Waals surface area contributed by atoms with Crippen molar-refractivity contribution in [3.8, 4) is 5.75 Å². The van der Waals surface area contributed by atoms with Crippen LogP contribution in [0.15, 0.2) is 48.5 Å². The number of nitrogens with one attached hydrogen (secondary N) is 1. The molecule has 0 spiro atoms. The Hall–Kier alpha value is -1.65. The van der Waals surface area contributed by atoms with Crippen molar-refractivity contribution < 1.29 is 9.53 Å². The Balaban J connectivity index is 1.96. The maximum Gasteiger partial charge on any atom is 0.283 e. The van der Waals surface area contributed by atoms with Gasteiger partial charge in [0.15, 0.2) is 0 Å². The largest absolute Gasteiger partial charge is 0.495 e. The van der Waals surface area contributed by atoms with Crippen LogP contribution in [0.5, 0.6) is 5.75 Å². The van der Waals surface area contributed by atoms with E-state index < -0.39 is 0 Å². The molecule has 2 rings (SSSR count). The topological polar surface area (TPSA) is 38.3 Å². The molecular formula is C15H14ClNO2S. The van der Waals surface area contributed by atoms with E-state index in [1.54, 1.807) is 25.3 Å². The van der Waals surface area contributed by atoms with Crippen molar-refractivity contribution in [2.24, 2.45) is 0 Å². The fourth-order valence-electron chi connectivity index (χ4n) is 1.65. The van der Waals surface area contributed by atoms with E-state index in [1.165, 1.54) is 11.8 Å². The van der Waals surface area contributed by atoms with Gasteiger partial charge in [-0.15, -0.1) is 0 Å². The van der Waals surface area contributed by atoms with Crippen molar-refractivity contribution in [2.75, 3.05) is 12.4 Å². The number of anilines is 1. The summed E-state index contributed by atoms with van der Waals surface area (Å²) in [6.07, 6.45) is 0. The number of carbonyl (C=O) groups is 1. The van der Waals surface area contributed by atoms with Crippen LogP contribution >= 0.6 is 23.4 Å². The number of rotatable bonds is 4. The third-order valence-electron chi connectivity index (χ3n) is 2.61. The lowest BCUT2D eigenvalue weighted by Crippen LogP contribution is -2.06. The molecule has 1 amide bonds. The molecule has 0 aliphatic heterocycles. The molecule has 0 aromatic heterocycles. The molecule has 0 aliphatic rings. The highest BCUT2D eigenvalue weighted by Gasteiger charge is 2.09. The molecule has 0 fully saturated rings. The highest BCUT2D eigenvalue weighted by molar-refractivity contribution is 8.13. The number of ether oxygens (including phenoxy) is 1. The quantitative estimate of drug-likeness (QED) is 0.880. The zero-order valence-electron chi connectivity index (χ0n) is 10.9. The zero-order valence-corrected chi connectivity index (χ0v) is 12.5. The van der Waals surface area contributed by atoms with E-state index >= 15 is 0 Å². The predicted octanol–water partition coefficient (Wildman–Crippen LogP) is 4.81. The molecule has 0 radical (unpaired) electrons. The van der Waals surface area contributed by atoms with Gasteiger partial charge in [-0.1, -0.05) is 53.7 Å². The molecule has 2 aromatic carbocycles. The SMILES string of the molecule is COc1ccc(Cl)cc1NC(=O)SCc1ccccc1. The minimum absolute atomic E-state index is 0.144. The summed E-state index contributed by atoms with van der Waals surface area (Å²) >= 11 is 7.12. The molecule has 0 heterocycles. The molecule has 0 saturated carbocycles. The Morgan fingerprint density at radius 2 is 2.00 bits per heavy atom. The summed E-state index contributed by atoms with van der Waals surface area (Å²) in [5.74, 6) is 1.21. The summed E-state index contributed by atoms with van der Waals surface area (Å²) in [6.45, 7) is 0. The Labute approximate surface area is 127 Å². The van der Waals surface area contributed by atoms with Crippen molar-refractivity contribution in [3.05, 3.63) is 59.1 Å². The van der Waals surface area contributed by atoms with Crippen molar-refractivity contribution in [2.45, 2.75) is 5.75 Å². The van der Waals surface area contributed by atoms with Gasteiger partial charge in [0, 0.05) is 10.8 Å². The molecule has 1 N–H and O–H groups in total. The molecule has 0 atom stereocenters. The predicted molar refractivity (Wildman–Crippen MR) is 84.8 cm³/mol. The Morgan fingerprint density at radius 3 is 2.70 bits per heavy atom. The van der Waals surface area contributed by atoms with Crippen LogP contribution in [-0.4, -0.2) is 12.3 Å². The van der Waals surface area contributed by atoms with Gasteiger partial charge in [-0.25, -0.2) is 0 Å². The second-order valence-electron chi connectivity index (χ2n) is 4.03. The second kappa shape index (κ2) is 7.22. The second-order valence-corrected chi connectivity index (χ2v) is 5.42. The summed E-state index contributed by atoms with van der Waals surface area (Å²) < 4.78 is 5.18. The van der Waals surface area contributed by atoms with Crippen molar-refractivity contribution in [1.82, 2.24) is 0 Å². The van der Waals surface area contributed by atoms with E-state index in [4.69, 9.17) is 16.3 Å². The van der Waals surface area contributed by atoms with Gasteiger partial charge in [0.1, 0.15) is 5.75 Å². The third kappa shape index (κ3) is 4.18. The minimum atomic E-state index is -0.144. The Morgan fingerprint density at radius 1 is 1.25 bits per heavy atom. The van der Waals surface area contributed by atoms with E-state index in [0.29, 0.717) is 22.2 Å². The number of hydrogen-bond acceptors (Lipinski definition) is 3. The average molecular weight is 308 g/mol. The van der Waals surface area contributed by atoms with Crippen LogP contribution in [0.1, 0.15) is 5.56 Å². The molecule has 5 heteroatoms. The molecule has 3 nitrogen and oxygen atoms in total. The first kappa shape index (κ1) is 14.8. The average Bonchev–Trinajstić information content (AvgIpc) is 2.46. The first-order valence-electron chi connectivity index (χ1n) is 6.00. The fourth-order valence-corrected chi connectivity index (χ4v) is 2.49. The molecule has 2 aromatic rings. The maximum atomic E-state index is 11.9. The van der Waals surface area contributed by atoms with E-state index in [-0.39, 0.29) is 5.24 Å². The molecule has 20 heavy (non-hydrogen) atoms. The maximum absolute atomic E-state index is 11.9. The standard InChI is InChI=1S/C15H14ClNO2S/c1-19-14-8-7-12(16)9-13(14)17-15(18)20-10-11-5-3-2-4-6-11/h2-9H,10H2,1H3,(H,17,18). The van der Waals surface area contributed by atoms with Gasteiger partial charge in [0.05, 0.1) is 12.8 Å². The number of hydrogen-bond donors (Lipinski definition) is 1. The highest BCUT2D eigenvalue weighted by Crippen LogP contribution is 2.29. The number of halogens is 1. The first-order chi connectivity index (χ1) is 9.69. The lowest BCUT2D eigenvalue weighted by Gasteiger charge is -2.10. The molecular weight excluding hydrogens is 294 g/mol. The summed E-state index contributed by atoms with van der Waals surface area (Å²) in [4.78, 5) is 11.9. The molecule has 0 bridgehead atoms. The molecule has 104 valence electrons. The van der Waals surface area contributed by atoms with E-state index in [2.05, 4.69) is 5.32 Å². The highest BCUT2D eigenvalue weighted by atomic mass is 35.5. The van der Waals surface area contributed by atoms with E-state index in [0.717, 1.165) is 5.56 Å². The van der Waals surface area contributed by atoms with Crippen LogP contribution in [0, 0.1) is 0 Å². The number of thioether (sulfide) groups is 1. The van der Waals surface area contributed by atoms with Crippen LogP contribution in [-0.2, 0) is 5.75 Å². The number of amides is 1. The van der Waals surface area contributed by atoms with Gasteiger partial charge >= 0.3 is 0 Å². The zero-order chi connectivity index (χ0) is 14.4. The van der Waals surface area contributed by atoms with Crippen molar-refractivity contribution >= 4 is 34.3 Å². The summed E-state index contributed by atoms with van der Waals surface area (Å²) in [7, 11) is 1.55. The lowest BCUT2D eigenvalue weighted by molar-refractivity contribution is 0.269. The van der Waals surface area contributed by atoms with Gasteiger partial charge in [0.2, 0.25) is 0 Å². The monoisotopic (exact) mass is 307 g/mol. The number of methoxy groups -OCH3 is 1. The number of carbonyl (C=O) groups excluding carboxylic acids is 1. The normalized spacial score (nSPS) is 10.1. The Kier molecular flexibility index (Phi) is 5.32. The van der Waals surface area contributed by atoms with Crippen LogP contribution in [0.2, 0.25) is 5.02 Å². The van der Waals surface area contributed by atoms with Gasteiger partial charge in [-0.3, -0.25) is 4.79 Å². The lowest BCUT2D eigenvalue weighted by atomic mass is 10.2. The van der Waals surface area contributed by atoms with Gasteiger partial charge in [-0.2, -0.15) is 0 Å². The smallest absolute Gasteiger partial charge is 0.283 e. The summed E-state index contributed by atoms with van der Waals surface area (Å²) in [5.41, 5.74) is 1.68. The summed E-state index contributed by atoms with van der Waals surface area (Å²) in [5, 5.41) is 3.19. The number of benzene rings is 2. The van der Waals surface area contributed by atoms with E-state index in [9.17, 15) is 4.79 Å².